The van der Waals surface area contributed by atoms with Gasteiger partial charge in [0.05, 0.1) is 18.8 Å². The molecular weight excluding hydrogens is 202 g/mol. The number of hydrogen-bond donors (Lipinski definition) is 1. The average Bonchev–Trinajstić information content (AvgIpc) is 2.74. The van der Waals surface area contributed by atoms with E-state index in [0.29, 0.717) is 12.2 Å². The molecule has 0 aliphatic carbocycles. The van der Waals surface area contributed by atoms with Crippen molar-refractivity contribution in [1.29, 1.82) is 0 Å². The molecule has 0 bridgehead atoms. The van der Waals surface area contributed by atoms with Gasteiger partial charge in [-0.25, -0.2) is 4.68 Å². The van der Waals surface area contributed by atoms with E-state index in [2.05, 4.69) is 16.9 Å². The third-order valence-electron chi connectivity index (χ3n) is 2.30. The van der Waals surface area contributed by atoms with Gasteiger partial charge in [-0.3, -0.25) is 0 Å². The van der Waals surface area contributed by atoms with Crippen LogP contribution in [0.2, 0.25) is 0 Å². The van der Waals surface area contributed by atoms with Crippen molar-refractivity contribution in [3.05, 3.63) is 48.7 Å². The number of hydrogen-bond acceptors (Lipinski definition) is 3. The minimum absolute atomic E-state index is 0.110. The molecule has 0 atom stereocenters. The predicted octanol–water partition coefficient (Wildman–Crippen LogP) is 1.62. The Morgan fingerprint density at radius 2 is 2.06 bits per heavy atom. The summed E-state index contributed by atoms with van der Waals surface area (Å²) in [7, 11) is 0. The Labute approximate surface area is 93.8 Å². The number of nitrogens with zero attached hydrogens (tertiary/aromatic N) is 3. The first kappa shape index (κ1) is 10.6. The van der Waals surface area contributed by atoms with Gasteiger partial charge in [0, 0.05) is 5.56 Å². The Hall–Kier alpha value is -1.94. The van der Waals surface area contributed by atoms with Gasteiger partial charge in [-0.1, -0.05) is 41.6 Å². The van der Waals surface area contributed by atoms with E-state index in [9.17, 15) is 5.11 Å². The molecule has 4 nitrogen and oxygen atoms in total. The first-order valence-electron chi connectivity index (χ1n) is 5.06. The minimum atomic E-state index is -0.110. The maximum absolute atomic E-state index is 9.22. The highest BCUT2D eigenvalue weighted by atomic mass is 16.3. The van der Waals surface area contributed by atoms with Crippen LogP contribution in [0, 0.1) is 0 Å². The fourth-order valence-corrected chi connectivity index (χ4v) is 1.62. The Morgan fingerprint density at radius 1 is 1.31 bits per heavy atom. The van der Waals surface area contributed by atoms with Crippen molar-refractivity contribution in [3.8, 4) is 11.3 Å². The molecule has 0 unspecified atom stereocenters. The Kier molecular flexibility index (Phi) is 3.12. The lowest BCUT2D eigenvalue weighted by atomic mass is 10.1. The molecule has 1 aromatic carbocycles. The number of benzene rings is 1. The molecule has 2 aromatic rings. The zero-order chi connectivity index (χ0) is 11.4. The van der Waals surface area contributed by atoms with Crippen molar-refractivity contribution >= 4 is 0 Å². The van der Waals surface area contributed by atoms with Crippen LogP contribution in [0.5, 0.6) is 0 Å². The van der Waals surface area contributed by atoms with Crippen molar-refractivity contribution in [2.24, 2.45) is 0 Å². The first-order chi connectivity index (χ1) is 7.86. The summed E-state index contributed by atoms with van der Waals surface area (Å²) in [5, 5.41) is 17.2. The van der Waals surface area contributed by atoms with Crippen molar-refractivity contribution in [2.45, 2.75) is 13.2 Å². The molecule has 0 amide bonds. The molecule has 0 fully saturated rings. The van der Waals surface area contributed by atoms with Crippen molar-refractivity contribution < 1.29 is 5.11 Å². The van der Waals surface area contributed by atoms with Gasteiger partial charge in [-0.2, -0.15) is 0 Å². The average molecular weight is 215 g/mol. The molecule has 0 spiro atoms. The van der Waals surface area contributed by atoms with Crippen LogP contribution in [0.4, 0.5) is 0 Å². The fraction of sp³-hybridized carbons (Fsp3) is 0.167. The Bertz CT molecular complexity index is 476. The van der Waals surface area contributed by atoms with Gasteiger partial charge >= 0.3 is 0 Å². The monoisotopic (exact) mass is 215 g/mol. The molecule has 16 heavy (non-hydrogen) atoms. The first-order valence-corrected chi connectivity index (χ1v) is 5.06. The number of aromatic nitrogens is 3. The van der Waals surface area contributed by atoms with Crippen LogP contribution in [0.3, 0.4) is 0 Å². The van der Waals surface area contributed by atoms with E-state index in [1.165, 1.54) is 0 Å². The highest BCUT2D eigenvalue weighted by Gasteiger charge is 2.12. The fourth-order valence-electron chi connectivity index (χ4n) is 1.62. The molecule has 1 heterocycles. The standard InChI is InChI=1S/C12H13N3O/c1-2-8-15-12(11(9-16)13-14-15)10-6-4-3-5-7-10/h2-7,16H,1,8-9H2. The maximum Gasteiger partial charge on any atom is 0.116 e. The van der Waals surface area contributed by atoms with Gasteiger partial charge in [0.25, 0.3) is 0 Å². The van der Waals surface area contributed by atoms with Gasteiger partial charge in [0.15, 0.2) is 0 Å². The lowest BCUT2D eigenvalue weighted by molar-refractivity contribution is 0.277. The largest absolute Gasteiger partial charge is 0.390 e. The number of allylic oxidation sites excluding steroid dienone is 1. The molecule has 2 rings (SSSR count). The number of rotatable bonds is 4. The van der Waals surface area contributed by atoms with E-state index in [1.54, 1.807) is 10.8 Å². The number of aliphatic hydroxyl groups excluding tert-OH is 1. The summed E-state index contributed by atoms with van der Waals surface area (Å²) in [4.78, 5) is 0. The molecule has 1 N–H and O–H groups in total. The van der Waals surface area contributed by atoms with E-state index in [4.69, 9.17) is 0 Å². The van der Waals surface area contributed by atoms with E-state index in [-0.39, 0.29) is 6.61 Å². The van der Waals surface area contributed by atoms with Gasteiger partial charge in [0.2, 0.25) is 0 Å². The summed E-state index contributed by atoms with van der Waals surface area (Å²) < 4.78 is 1.73. The topological polar surface area (TPSA) is 50.9 Å². The SMILES string of the molecule is C=CCn1nnc(CO)c1-c1ccccc1. The molecule has 0 radical (unpaired) electrons. The zero-order valence-electron chi connectivity index (χ0n) is 8.87. The predicted molar refractivity (Wildman–Crippen MR) is 61.6 cm³/mol. The maximum atomic E-state index is 9.22. The summed E-state index contributed by atoms with van der Waals surface area (Å²) >= 11 is 0. The van der Waals surface area contributed by atoms with Crippen LogP contribution in [0.1, 0.15) is 5.69 Å². The van der Waals surface area contributed by atoms with Crippen LogP contribution in [0.15, 0.2) is 43.0 Å². The molecule has 4 heteroatoms. The van der Waals surface area contributed by atoms with E-state index in [0.717, 1.165) is 11.3 Å². The van der Waals surface area contributed by atoms with E-state index >= 15 is 0 Å². The van der Waals surface area contributed by atoms with E-state index < -0.39 is 0 Å². The van der Waals surface area contributed by atoms with Gasteiger partial charge in [-0.05, 0) is 0 Å². The summed E-state index contributed by atoms with van der Waals surface area (Å²) in [6.07, 6.45) is 1.75. The summed E-state index contributed by atoms with van der Waals surface area (Å²) in [5.41, 5.74) is 2.44. The molecule has 0 saturated carbocycles. The van der Waals surface area contributed by atoms with Crippen LogP contribution in [-0.4, -0.2) is 20.1 Å². The van der Waals surface area contributed by atoms with Crippen molar-refractivity contribution in [1.82, 2.24) is 15.0 Å². The van der Waals surface area contributed by atoms with Crippen LogP contribution < -0.4 is 0 Å². The molecular formula is C12H13N3O. The highest BCUT2D eigenvalue weighted by molar-refractivity contribution is 5.61. The van der Waals surface area contributed by atoms with Gasteiger partial charge in [-0.15, -0.1) is 11.7 Å². The molecule has 82 valence electrons. The third-order valence-corrected chi connectivity index (χ3v) is 2.30. The summed E-state index contributed by atoms with van der Waals surface area (Å²) in [5.74, 6) is 0. The van der Waals surface area contributed by atoms with Gasteiger partial charge < -0.3 is 5.11 Å². The van der Waals surface area contributed by atoms with Crippen LogP contribution in [-0.2, 0) is 13.2 Å². The quantitative estimate of drug-likeness (QED) is 0.788. The van der Waals surface area contributed by atoms with E-state index in [1.807, 2.05) is 30.3 Å². The lowest BCUT2D eigenvalue weighted by Crippen LogP contribution is -2.00. The number of aliphatic hydroxyl groups is 1. The summed E-state index contributed by atoms with van der Waals surface area (Å²) in [6, 6.07) is 9.78. The minimum Gasteiger partial charge on any atom is -0.390 e. The van der Waals surface area contributed by atoms with Crippen LogP contribution >= 0.6 is 0 Å². The molecule has 0 aliphatic heterocycles. The zero-order valence-corrected chi connectivity index (χ0v) is 8.87. The second kappa shape index (κ2) is 4.72. The highest BCUT2D eigenvalue weighted by Crippen LogP contribution is 2.21. The lowest BCUT2D eigenvalue weighted by Gasteiger charge is -2.05. The van der Waals surface area contributed by atoms with Crippen molar-refractivity contribution in [2.75, 3.05) is 0 Å². The second-order valence-corrected chi connectivity index (χ2v) is 3.38. The second-order valence-electron chi connectivity index (χ2n) is 3.38. The summed E-state index contributed by atoms with van der Waals surface area (Å²) in [6.45, 7) is 4.15. The Balaban J connectivity index is 2.52. The Morgan fingerprint density at radius 3 is 2.69 bits per heavy atom. The smallest absolute Gasteiger partial charge is 0.116 e. The molecule has 0 aliphatic rings. The third kappa shape index (κ3) is 1.87. The van der Waals surface area contributed by atoms with Crippen LogP contribution in [0.25, 0.3) is 11.3 Å². The van der Waals surface area contributed by atoms with Crippen molar-refractivity contribution in [3.63, 3.8) is 0 Å². The molecule has 0 saturated heterocycles. The molecule has 1 aromatic heterocycles. The van der Waals surface area contributed by atoms with Gasteiger partial charge in [0.1, 0.15) is 5.69 Å². The normalized spacial score (nSPS) is 10.3.